The Morgan fingerprint density at radius 3 is 2.83 bits per heavy atom. The number of carbonyl (C=O) groups excluding carboxylic acids is 2. The van der Waals surface area contributed by atoms with Crippen LogP contribution in [0.2, 0.25) is 0 Å². The number of carbonyl (C=O) groups is 2. The maximum Gasteiger partial charge on any atom is 0.311 e. The van der Waals surface area contributed by atoms with Gasteiger partial charge < -0.3 is 4.74 Å². The van der Waals surface area contributed by atoms with E-state index in [0.29, 0.717) is 28.9 Å². The van der Waals surface area contributed by atoms with E-state index >= 15 is 0 Å². The number of anilines is 1. The van der Waals surface area contributed by atoms with E-state index in [4.69, 9.17) is 9.72 Å². The molecule has 1 N–H and O–H groups in total. The molecule has 1 aliphatic rings. The summed E-state index contributed by atoms with van der Waals surface area (Å²) in [5, 5.41) is 10.2. The van der Waals surface area contributed by atoms with Gasteiger partial charge >= 0.3 is 5.97 Å². The lowest BCUT2D eigenvalue weighted by Gasteiger charge is -2.10. The Kier molecular flexibility index (Phi) is 5.31. The number of nitrogens with one attached hydrogen (secondary N) is 1. The van der Waals surface area contributed by atoms with Gasteiger partial charge in [0.25, 0.3) is 5.91 Å². The van der Waals surface area contributed by atoms with Crippen molar-refractivity contribution in [1.29, 1.82) is 0 Å². The van der Waals surface area contributed by atoms with Gasteiger partial charge in [-0.1, -0.05) is 0 Å². The Hall–Kier alpha value is -2.81. The van der Waals surface area contributed by atoms with Crippen molar-refractivity contribution in [2.45, 2.75) is 52.0 Å². The summed E-state index contributed by atoms with van der Waals surface area (Å²) in [5.41, 5.74) is 2.80. The van der Waals surface area contributed by atoms with Crippen molar-refractivity contribution in [3.8, 4) is 0 Å². The zero-order valence-electron chi connectivity index (χ0n) is 16.6. The van der Waals surface area contributed by atoms with Crippen LogP contribution >= 0.6 is 11.3 Å². The van der Waals surface area contributed by atoms with Gasteiger partial charge in [-0.05, 0) is 39.7 Å². The summed E-state index contributed by atoms with van der Waals surface area (Å²) in [5.74, 6) is -0.168. The summed E-state index contributed by atoms with van der Waals surface area (Å²) in [6.07, 6.45) is 3.98. The molecule has 0 spiro atoms. The number of esters is 1. The molecule has 1 aliphatic carbocycles. The van der Waals surface area contributed by atoms with Crippen molar-refractivity contribution >= 4 is 39.4 Å². The summed E-state index contributed by atoms with van der Waals surface area (Å²) in [6, 6.07) is 2.02. The molecule has 152 valence electrons. The van der Waals surface area contributed by atoms with Gasteiger partial charge in [-0.3, -0.25) is 14.9 Å². The molecule has 4 rings (SSSR count). The van der Waals surface area contributed by atoms with Crippen LogP contribution in [-0.4, -0.2) is 38.2 Å². The van der Waals surface area contributed by atoms with Crippen molar-refractivity contribution in [2.24, 2.45) is 0 Å². The summed E-state index contributed by atoms with van der Waals surface area (Å²) < 4.78 is 6.78. The normalized spacial score (nSPS) is 13.8. The van der Waals surface area contributed by atoms with E-state index in [2.05, 4.69) is 15.4 Å². The number of hydrogen-bond donors (Lipinski definition) is 1. The monoisotopic (exact) mass is 413 g/mol. The van der Waals surface area contributed by atoms with E-state index in [1.807, 2.05) is 24.6 Å². The minimum atomic E-state index is -0.332. The third-order valence-electron chi connectivity index (χ3n) is 4.72. The highest BCUT2D eigenvalue weighted by atomic mass is 32.1. The number of nitrogens with zero attached hydrogens (tertiary/aromatic N) is 4. The Bertz CT molecular complexity index is 1070. The highest BCUT2D eigenvalue weighted by Crippen LogP contribution is 2.40. The molecule has 0 aliphatic heterocycles. The fraction of sp³-hybridized carbons (Fsp3) is 0.450. The first-order valence-corrected chi connectivity index (χ1v) is 10.6. The highest BCUT2D eigenvalue weighted by Gasteiger charge is 2.28. The molecule has 0 unspecified atom stereocenters. The van der Waals surface area contributed by atoms with Gasteiger partial charge in [0.2, 0.25) is 0 Å². The molecule has 1 saturated carbocycles. The molecule has 0 radical (unpaired) electrons. The molecule has 1 amide bonds. The molecule has 0 aromatic carbocycles. The fourth-order valence-corrected chi connectivity index (χ4v) is 3.87. The molecule has 3 heterocycles. The lowest BCUT2D eigenvalue weighted by Crippen LogP contribution is -2.14. The second kappa shape index (κ2) is 7.90. The average Bonchev–Trinajstić information content (AvgIpc) is 3.29. The van der Waals surface area contributed by atoms with Crippen molar-refractivity contribution in [2.75, 3.05) is 11.9 Å². The SMILES string of the molecule is CCOC(=O)Cc1csc(NC(=O)c2cc(C3CC3)nc3c2cnn3C(C)C)n1. The molecule has 8 nitrogen and oxygen atoms in total. The van der Waals surface area contributed by atoms with E-state index in [9.17, 15) is 9.59 Å². The van der Waals surface area contributed by atoms with Gasteiger partial charge in [0.1, 0.15) is 0 Å². The Balaban J connectivity index is 1.60. The molecule has 1 fully saturated rings. The Labute approximate surface area is 172 Å². The number of fused-ring (bicyclic) bond motifs is 1. The fourth-order valence-electron chi connectivity index (χ4n) is 3.16. The smallest absolute Gasteiger partial charge is 0.311 e. The van der Waals surface area contributed by atoms with Crippen LogP contribution in [-0.2, 0) is 16.0 Å². The molecular weight excluding hydrogens is 390 g/mol. The van der Waals surface area contributed by atoms with Gasteiger partial charge in [-0.2, -0.15) is 5.10 Å². The molecule has 0 saturated heterocycles. The van der Waals surface area contributed by atoms with Crippen LogP contribution in [0.25, 0.3) is 11.0 Å². The van der Waals surface area contributed by atoms with Crippen molar-refractivity contribution in [1.82, 2.24) is 19.7 Å². The van der Waals surface area contributed by atoms with Gasteiger partial charge in [0.05, 0.1) is 35.9 Å². The molecular formula is C20H23N5O3S. The van der Waals surface area contributed by atoms with Crippen LogP contribution in [0.15, 0.2) is 17.6 Å². The maximum absolute atomic E-state index is 13.0. The molecule has 3 aromatic rings. The predicted octanol–water partition coefficient (Wildman–Crippen LogP) is 3.70. The Morgan fingerprint density at radius 2 is 2.14 bits per heavy atom. The van der Waals surface area contributed by atoms with Gasteiger partial charge in [-0.15, -0.1) is 11.3 Å². The van der Waals surface area contributed by atoms with E-state index in [1.165, 1.54) is 11.3 Å². The van der Waals surface area contributed by atoms with Gasteiger partial charge in [0, 0.05) is 23.0 Å². The van der Waals surface area contributed by atoms with Crippen LogP contribution in [0.3, 0.4) is 0 Å². The number of aromatic nitrogens is 4. The van der Waals surface area contributed by atoms with Crippen LogP contribution in [0.1, 0.15) is 67.3 Å². The largest absolute Gasteiger partial charge is 0.466 e. The summed E-state index contributed by atoms with van der Waals surface area (Å²) in [6.45, 7) is 6.17. The van der Waals surface area contributed by atoms with Crippen LogP contribution < -0.4 is 5.32 Å². The molecule has 0 bridgehead atoms. The van der Waals surface area contributed by atoms with E-state index in [1.54, 1.807) is 18.5 Å². The summed E-state index contributed by atoms with van der Waals surface area (Å²) >= 11 is 1.28. The van der Waals surface area contributed by atoms with Crippen molar-refractivity contribution in [3.05, 3.63) is 34.6 Å². The second-order valence-corrected chi connectivity index (χ2v) is 8.23. The third kappa shape index (κ3) is 4.14. The number of rotatable bonds is 7. The highest BCUT2D eigenvalue weighted by molar-refractivity contribution is 7.14. The van der Waals surface area contributed by atoms with E-state index < -0.39 is 0 Å². The number of amides is 1. The summed E-state index contributed by atoms with van der Waals surface area (Å²) in [4.78, 5) is 33.8. The number of ether oxygens (including phenoxy) is 1. The molecule has 3 aromatic heterocycles. The predicted molar refractivity (Wildman–Crippen MR) is 110 cm³/mol. The van der Waals surface area contributed by atoms with Crippen LogP contribution in [0, 0.1) is 0 Å². The van der Waals surface area contributed by atoms with Crippen molar-refractivity contribution < 1.29 is 14.3 Å². The zero-order valence-corrected chi connectivity index (χ0v) is 17.5. The van der Waals surface area contributed by atoms with Gasteiger partial charge in [-0.25, -0.2) is 14.6 Å². The lowest BCUT2D eigenvalue weighted by atomic mass is 10.1. The zero-order chi connectivity index (χ0) is 20.5. The van der Waals surface area contributed by atoms with E-state index in [0.717, 1.165) is 29.6 Å². The standard InChI is InChI=1S/C20H23N5O3S/c1-4-28-17(26)7-13-10-29-20(22-13)24-19(27)14-8-16(12-5-6-12)23-18-15(14)9-21-25(18)11(2)3/h8-12H,4-7H2,1-3H3,(H,22,24,27). The molecule has 9 heteroatoms. The maximum atomic E-state index is 13.0. The first-order valence-electron chi connectivity index (χ1n) is 9.75. The van der Waals surface area contributed by atoms with Crippen LogP contribution in [0.4, 0.5) is 5.13 Å². The minimum Gasteiger partial charge on any atom is -0.466 e. The van der Waals surface area contributed by atoms with Crippen molar-refractivity contribution in [3.63, 3.8) is 0 Å². The molecule has 29 heavy (non-hydrogen) atoms. The third-order valence-corrected chi connectivity index (χ3v) is 5.53. The quantitative estimate of drug-likeness (QED) is 0.593. The summed E-state index contributed by atoms with van der Waals surface area (Å²) in [7, 11) is 0. The van der Waals surface area contributed by atoms with Gasteiger partial charge in [0.15, 0.2) is 10.8 Å². The van der Waals surface area contributed by atoms with E-state index in [-0.39, 0.29) is 24.3 Å². The lowest BCUT2D eigenvalue weighted by molar-refractivity contribution is -0.142. The first-order chi connectivity index (χ1) is 14.0. The number of thiazole rings is 1. The Morgan fingerprint density at radius 1 is 1.34 bits per heavy atom. The number of hydrogen-bond acceptors (Lipinski definition) is 7. The topological polar surface area (TPSA) is 99.0 Å². The second-order valence-electron chi connectivity index (χ2n) is 7.37. The van der Waals surface area contributed by atoms with Crippen LogP contribution in [0.5, 0.6) is 0 Å². The molecule has 0 atom stereocenters. The number of pyridine rings is 1. The first kappa shape index (κ1) is 19.5. The minimum absolute atomic E-state index is 0.0900. The average molecular weight is 414 g/mol.